The summed E-state index contributed by atoms with van der Waals surface area (Å²) in [4.78, 5) is 8.95. The highest BCUT2D eigenvalue weighted by molar-refractivity contribution is 7.15. The minimum Gasteiger partial charge on any atom is -0.345 e. The molecule has 21 heavy (non-hydrogen) atoms. The summed E-state index contributed by atoms with van der Waals surface area (Å²) in [5.74, 6) is 0.495. The quantitative estimate of drug-likeness (QED) is 0.866. The molecule has 1 aromatic rings. The molecule has 0 aromatic carbocycles. The Morgan fingerprint density at radius 1 is 1.38 bits per heavy atom. The van der Waals surface area contributed by atoms with E-state index in [1.807, 2.05) is 11.3 Å². The van der Waals surface area contributed by atoms with Crippen molar-refractivity contribution in [1.29, 1.82) is 0 Å². The molecule has 1 atom stereocenters. The van der Waals surface area contributed by atoms with Gasteiger partial charge >= 0.3 is 0 Å². The van der Waals surface area contributed by atoms with Crippen molar-refractivity contribution in [1.82, 2.24) is 10.3 Å². The Bertz CT molecular complexity index is 459. The zero-order valence-electron chi connectivity index (χ0n) is 14.5. The van der Waals surface area contributed by atoms with E-state index in [0.717, 1.165) is 6.54 Å². The van der Waals surface area contributed by atoms with Crippen LogP contribution in [0.4, 0.5) is 5.13 Å². The lowest BCUT2D eigenvalue weighted by Gasteiger charge is -2.22. The zero-order chi connectivity index (χ0) is 15.6. The molecule has 1 aliphatic heterocycles. The number of nitrogens with zero attached hydrogens (tertiary/aromatic N) is 2. The first-order chi connectivity index (χ1) is 9.81. The number of hydrogen-bond acceptors (Lipinski definition) is 4. The lowest BCUT2D eigenvalue weighted by molar-refractivity contribution is 0.425. The number of rotatable bonds is 5. The predicted molar refractivity (Wildman–Crippen MR) is 93.5 cm³/mol. The van der Waals surface area contributed by atoms with E-state index in [-0.39, 0.29) is 5.54 Å². The van der Waals surface area contributed by atoms with Gasteiger partial charge in [-0.2, -0.15) is 0 Å². The van der Waals surface area contributed by atoms with Gasteiger partial charge in [-0.05, 0) is 46.0 Å². The third kappa shape index (κ3) is 4.19. The highest BCUT2D eigenvalue weighted by Gasteiger charge is 2.27. The average molecular weight is 310 g/mol. The first kappa shape index (κ1) is 16.8. The maximum absolute atomic E-state index is 5.00. The van der Waals surface area contributed by atoms with Crippen LogP contribution in [0, 0.1) is 0 Å². The van der Waals surface area contributed by atoms with E-state index < -0.39 is 0 Å². The van der Waals surface area contributed by atoms with Crippen LogP contribution in [0.3, 0.4) is 0 Å². The Hall–Kier alpha value is -0.610. The van der Waals surface area contributed by atoms with E-state index in [1.165, 1.54) is 41.5 Å². The van der Waals surface area contributed by atoms with Gasteiger partial charge in [0, 0.05) is 29.5 Å². The summed E-state index contributed by atoms with van der Waals surface area (Å²) >= 11 is 1.90. The molecule has 1 N–H and O–H groups in total. The molecule has 0 bridgehead atoms. The van der Waals surface area contributed by atoms with Gasteiger partial charge in [0.1, 0.15) is 0 Å². The summed E-state index contributed by atoms with van der Waals surface area (Å²) < 4.78 is 0. The number of hydrogen-bond donors (Lipinski definition) is 1. The van der Waals surface area contributed by atoms with Crippen molar-refractivity contribution in [3.05, 3.63) is 10.6 Å². The van der Waals surface area contributed by atoms with E-state index in [2.05, 4.69) is 51.8 Å². The standard InChI is InChI=1S/C17H31N3S/c1-7-13-9-8-10-20(13)16-19-15(12(2)3)14(21-16)11-18-17(4,5)6/h12-13,18H,7-11H2,1-6H3. The molecule has 1 unspecified atom stereocenters. The third-order valence-corrected chi connectivity index (χ3v) is 5.24. The summed E-state index contributed by atoms with van der Waals surface area (Å²) in [6.45, 7) is 15.6. The average Bonchev–Trinajstić information content (AvgIpc) is 3.01. The second-order valence-corrected chi connectivity index (χ2v) is 8.52. The lowest BCUT2D eigenvalue weighted by atomic mass is 10.1. The molecular formula is C17H31N3S. The molecule has 1 aliphatic rings. The Morgan fingerprint density at radius 2 is 2.10 bits per heavy atom. The molecule has 3 nitrogen and oxygen atoms in total. The summed E-state index contributed by atoms with van der Waals surface area (Å²) in [6, 6.07) is 0.694. The van der Waals surface area contributed by atoms with Gasteiger partial charge in [-0.15, -0.1) is 11.3 Å². The van der Waals surface area contributed by atoms with E-state index in [9.17, 15) is 0 Å². The van der Waals surface area contributed by atoms with Crippen LogP contribution in [-0.2, 0) is 6.54 Å². The summed E-state index contributed by atoms with van der Waals surface area (Å²) in [5, 5.41) is 4.86. The molecule has 0 amide bonds. The molecule has 0 radical (unpaired) electrons. The molecule has 2 rings (SSSR count). The number of thiazole rings is 1. The van der Waals surface area contributed by atoms with Crippen molar-refractivity contribution in [2.24, 2.45) is 0 Å². The zero-order valence-corrected chi connectivity index (χ0v) is 15.3. The van der Waals surface area contributed by atoms with Crippen molar-refractivity contribution in [2.45, 2.75) is 84.8 Å². The molecule has 0 spiro atoms. The number of nitrogens with one attached hydrogen (secondary N) is 1. The second-order valence-electron chi connectivity index (χ2n) is 7.46. The highest BCUT2D eigenvalue weighted by atomic mass is 32.1. The summed E-state index contributed by atoms with van der Waals surface area (Å²) in [7, 11) is 0. The summed E-state index contributed by atoms with van der Waals surface area (Å²) in [5.41, 5.74) is 1.44. The van der Waals surface area contributed by atoms with Gasteiger partial charge in [0.15, 0.2) is 5.13 Å². The van der Waals surface area contributed by atoms with Gasteiger partial charge in [0.05, 0.1) is 5.69 Å². The SMILES string of the molecule is CCC1CCCN1c1nc(C(C)C)c(CNC(C)(C)C)s1. The molecule has 2 heterocycles. The maximum atomic E-state index is 5.00. The van der Waals surface area contributed by atoms with Crippen LogP contribution >= 0.6 is 11.3 Å². The molecule has 0 saturated carbocycles. The second kappa shape index (κ2) is 6.66. The Morgan fingerprint density at radius 3 is 2.67 bits per heavy atom. The molecule has 1 aromatic heterocycles. The fourth-order valence-electron chi connectivity index (χ4n) is 2.91. The predicted octanol–water partition coefficient (Wildman–Crippen LogP) is 4.53. The van der Waals surface area contributed by atoms with Gasteiger partial charge in [0.25, 0.3) is 0 Å². The van der Waals surface area contributed by atoms with Gasteiger partial charge in [0.2, 0.25) is 0 Å². The monoisotopic (exact) mass is 309 g/mol. The van der Waals surface area contributed by atoms with Crippen molar-refractivity contribution in [2.75, 3.05) is 11.4 Å². The van der Waals surface area contributed by atoms with Crippen LogP contribution < -0.4 is 10.2 Å². The first-order valence-corrected chi connectivity index (χ1v) is 9.14. The molecule has 0 aliphatic carbocycles. The fraction of sp³-hybridized carbons (Fsp3) is 0.824. The van der Waals surface area contributed by atoms with E-state index in [4.69, 9.17) is 4.98 Å². The van der Waals surface area contributed by atoms with Crippen molar-refractivity contribution >= 4 is 16.5 Å². The number of anilines is 1. The maximum Gasteiger partial charge on any atom is 0.186 e. The Kier molecular flexibility index (Phi) is 5.31. The molecule has 1 saturated heterocycles. The summed E-state index contributed by atoms with van der Waals surface area (Å²) in [6.07, 6.45) is 3.86. The van der Waals surface area contributed by atoms with Gasteiger partial charge in [-0.3, -0.25) is 0 Å². The molecule has 4 heteroatoms. The Balaban J connectivity index is 2.20. The largest absolute Gasteiger partial charge is 0.345 e. The van der Waals surface area contributed by atoms with Crippen LogP contribution in [0.25, 0.3) is 0 Å². The number of aromatic nitrogens is 1. The van der Waals surface area contributed by atoms with Crippen molar-refractivity contribution in [3.63, 3.8) is 0 Å². The first-order valence-electron chi connectivity index (χ1n) is 8.33. The normalized spacial score (nSPS) is 19.8. The van der Waals surface area contributed by atoms with Crippen LogP contribution in [-0.4, -0.2) is 23.1 Å². The van der Waals surface area contributed by atoms with Gasteiger partial charge < -0.3 is 10.2 Å². The lowest BCUT2D eigenvalue weighted by Crippen LogP contribution is -2.35. The van der Waals surface area contributed by atoms with E-state index in [0.29, 0.717) is 12.0 Å². The third-order valence-electron chi connectivity index (χ3n) is 4.14. The van der Waals surface area contributed by atoms with Gasteiger partial charge in [-0.1, -0.05) is 20.8 Å². The molecule has 120 valence electrons. The minimum absolute atomic E-state index is 0.151. The van der Waals surface area contributed by atoms with Crippen LogP contribution in [0.5, 0.6) is 0 Å². The van der Waals surface area contributed by atoms with Crippen LogP contribution in [0.15, 0.2) is 0 Å². The minimum atomic E-state index is 0.151. The van der Waals surface area contributed by atoms with Gasteiger partial charge in [-0.25, -0.2) is 4.98 Å². The van der Waals surface area contributed by atoms with Crippen molar-refractivity contribution < 1.29 is 0 Å². The van der Waals surface area contributed by atoms with Crippen LogP contribution in [0.1, 0.15) is 77.3 Å². The van der Waals surface area contributed by atoms with Crippen LogP contribution in [0.2, 0.25) is 0 Å². The topological polar surface area (TPSA) is 28.2 Å². The van der Waals surface area contributed by atoms with E-state index in [1.54, 1.807) is 0 Å². The van der Waals surface area contributed by atoms with Crippen molar-refractivity contribution in [3.8, 4) is 0 Å². The highest BCUT2D eigenvalue weighted by Crippen LogP contribution is 2.35. The Labute approximate surface area is 134 Å². The fourth-order valence-corrected chi connectivity index (χ4v) is 4.16. The molecule has 1 fully saturated rings. The smallest absolute Gasteiger partial charge is 0.186 e. The molecular weight excluding hydrogens is 278 g/mol. The van der Waals surface area contributed by atoms with E-state index >= 15 is 0 Å².